The number of hydrogen-bond acceptors (Lipinski definition) is 5. The van der Waals surface area contributed by atoms with Gasteiger partial charge in [-0.05, 0) is 30.3 Å². The fourth-order valence-electron chi connectivity index (χ4n) is 2.02. The van der Waals surface area contributed by atoms with Crippen LogP contribution in [0.5, 0.6) is 11.5 Å². The standard InChI is InChI=1S/C17H19N3O4/c1-23-14-7-6-12(11-15(14)24-2)16(21)19-9-10-20-17(22)13-5-3-4-8-18-13/h3-8,11H,9-10H2,1-2H3,(H,19,21)(H,20,22). The SMILES string of the molecule is COc1ccc(C(=O)NCCNC(=O)c2ccccn2)cc1OC. The number of carbonyl (C=O) groups excluding carboxylic acids is 2. The zero-order chi connectivity index (χ0) is 17.4. The zero-order valence-corrected chi connectivity index (χ0v) is 13.5. The smallest absolute Gasteiger partial charge is 0.269 e. The van der Waals surface area contributed by atoms with Crippen LogP contribution in [0.4, 0.5) is 0 Å². The van der Waals surface area contributed by atoms with Crippen LogP contribution < -0.4 is 20.1 Å². The molecule has 0 radical (unpaired) electrons. The highest BCUT2D eigenvalue weighted by Gasteiger charge is 2.10. The normalized spacial score (nSPS) is 9.92. The van der Waals surface area contributed by atoms with Crippen LogP contribution in [0.1, 0.15) is 20.8 Å². The topological polar surface area (TPSA) is 89.6 Å². The number of hydrogen-bond donors (Lipinski definition) is 2. The molecule has 1 aromatic carbocycles. The predicted molar refractivity (Wildman–Crippen MR) is 88.4 cm³/mol. The number of pyridine rings is 1. The number of nitrogens with one attached hydrogen (secondary N) is 2. The fraction of sp³-hybridized carbons (Fsp3) is 0.235. The van der Waals surface area contributed by atoms with Gasteiger partial charge in [-0.3, -0.25) is 14.6 Å². The van der Waals surface area contributed by atoms with Gasteiger partial charge in [-0.1, -0.05) is 6.07 Å². The van der Waals surface area contributed by atoms with Crippen LogP contribution in [0.3, 0.4) is 0 Å². The first-order valence-corrected chi connectivity index (χ1v) is 7.35. The van der Waals surface area contributed by atoms with E-state index < -0.39 is 0 Å². The lowest BCUT2D eigenvalue weighted by molar-refractivity contribution is 0.0925. The zero-order valence-electron chi connectivity index (χ0n) is 13.5. The number of benzene rings is 1. The molecule has 1 heterocycles. The van der Waals surface area contributed by atoms with E-state index in [0.29, 0.717) is 35.8 Å². The largest absolute Gasteiger partial charge is 0.493 e. The van der Waals surface area contributed by atoms with E-state index in [4.69, 9.17) is 9.47 Å². The van der Waals surface area contributed by atoms with Gasteiger partial charge in [-0.2, -0.15) is 0 Å². The molecule has 0 spiro atoms. The average molecular weight is 329 g/mol. The minimum atomic E-state index is -0.282. The number of aromatic nitrogens is 1. The lowest BCUT2D eigenvalue weighted by Crippen LogP contribution is -2.35. The van der Waals surface area contributed by atoms with Crippen LogP contribution in [-0.4, -0.2) is 44.1 Å². The van der Waals surface area contributed by atoms with Crippen molar-refractivity contribution in [2.75, 3.05) is 27.3 Å². The first-order chi connectivity index (χ1) is 11.7. The number of nitrogens with zero attached hydrogens (tertiary/aromatic N) is 1. The van der Waals surface area contributed by atoms with E-state index >= 15 is 0 Å². The van der Waals surface area contributed by atoms with Gasteiger partial charge >= 0.3 is 0 Å². The molecule has 0 atom stereocenters. The highest BCUT2D eigenvalue weighted by Crippen LogP contribution is 2.27. The Kier molecular flexibility index (Phi) is 6.13. The van der Waals surface area contributed by atoms with Gasteiger partial charge in [0.2, 0.25) is 0 Å². The summed E-state index contributed by atoms with van der Waals surface area (Å²) in [6.07, 6.45) is 1.55. The summed E-state index contributed by atoms with van der Waals surface area (Å²) >= 11 is 0. The number of carbonyl (C=O) groups is 2. The lowest BCUT2D eigenvalue weighted by atomic mass is 10.2. The Balaban J connectivity index is 1.82. The Labute approximate surface area is 140 Å². The molecule has 0 fully saturated rings. The Bertz CT molecular complexity index is 704. The summed E-state index contributed by atoms with van der Waals surface area (Å²) in [6, 6.07) is 10.00. The molecule has 2 rings (SSSR count). The third kappa shape index (κ3) is 4.45. The summed E-state index contributed by atoms with van der Waals surface area (Å²) in [7, 11) is 3.04. The lowest BCUT2D eigenvalue weighted by Gasteiger charge is -2.10. The Morgan fingerprint density at radius 2 is 1.67 bits per heavy atom. The quantitative estimate of drug-likeness (QED) is 0.747. The number of methoxy groups -OCH3 is 2. The molecule has 0 saturated carbocycles. The molecule has 0 aliphatic heterocycles. The molecule has 0 saturated heterocycles. The summed E-state index contributed by atoms with van der Waals surface area (Å²) in [4.78, 5) is 27.8. The first-order valence-electron chi connectivity index (χ1n) is 7.35. The molecule has 24 heavy (non-hydrogen) atoms. The molecule has 126 valence electrons. The van der Waals surface area contributed by atoms with Crippen LogP contribution in [0.25, 0.3) is 0 Å². The summed E-state index contributed by atoms with van der Waals surface area (Å²) in [5.41, 5.74) is 0.785. The van der Waals surface area contributed by atoms with Crippen molar-refractivity contribution in [1.29, 1.82) is 0 Å². The molecular formula is C17H19N3O4. The van der Waals surface area contributed by atoms with Crippen molar-refractivity contribution in [3.8, 4) is 11.5 Å². The van der Waals surface area contributed by atoms with Gasteiger partial charge in [-0.25, -0.2) is 0 Å². The second-order valence-corrected chi connectivity index (χ2v) is 4.80. The van der Waals surface area contributed by atoms with Gasteiger partial charge in [0.25, 0.3) is 11.8 Å². The fourth-order valence-corrected chi connectivity index (χ4v) is 2.02. The number of amides is 2. The Morgan fingerprint density at radius 3 is 2.29 bits per heavy atom. The van der Waals surface area contributed by atoms with Gasteiger partial charge in [0.05, 0.1) is 14.2 Å². The van der Waals surface area contributed by atoms with E-state index in [2.05, 4.69) is 15.6 Å². The van der Waals surface area contributed by atoms with Crippen LogP contribution in [0.15, 0.2) is 42.6 Å². The summed E-state index contributed by atoms with van der Waals surface area (Å²) in [6.45, 7) is 0.597. The number of ether oxygens (including phenoxy) is 2. The van der Waals surface area contributed by atoms with Crippen LogP contribution in [0.2, 0.25) is 0 Å². The summed E-state index contributed by atoms with van der Waals surface area (Å²) < 4.78 is 10.3. The monoisotopic (exact) mass is 329 g/mol. The molecule has 0 bridgehead atoms. The third-order valence-corrected chi connectivity index (χ3v) is 3.24. The average Bonchev–Trinajstić information content (AvgIpc) is 2.64. The first kappa shape index (κ1) is 17.3. The van der Waals surface area contributed by atoms with Crippen molar-refractivity contribution < 1.29 is 19.1 Å². The molecule has 7 heteroatoms. The minimum Gasteiger partial charge on any atom is -0.493 e. The van der Waals surface area contributed by atoms with Gasteiger partial charge in [0.15, 0.2) is 11.5 Å². The van der Waals surface area contributed by atoms with Crippen molar-refractivity contribution >= 4 is 11.8 Å². The van der Waals surface area contributed by atoms with E-state index in [9.17, 15) is 9.59 Å². The van der Waals surface area contributed by atoms with Crippen molar-refractivity contribution in [3.63, 3.8) is 0 Å². The van der Waals surface area contributed by atoms with Crippen molar-refractivity contribution in [3.05, 3.63) is 53.9 Å². The van der Waals surface area contributed by atoms with Gasteiger partial charge in [0.1, 0.15) is 5.69 Å². The maximum atomic E-state index is 12.1. The highest BCUT2D eigenvalue weighted by atomic mass is 16.5. The number of rotatable bonds is 7. The van der Waals surface area contributed by atoms with Crippen LogP contribution >= 0.6 is 0 Å². The maximum absolute atomic E-state index is 12.1. The van der Waals surface area contributed by atoms with E-state index in [1.54, 1.807) is 42.6 Å². The maximum Gasteiger partial charge on any atom is 0.269 e. The molecule has 7 nitrogen and oxygen atoms in total. The van der Waals surface area contributed by atoms with Crippen LogP contribution in [0, 0.1) is 0 Å². The third-order valence-electron chi connectivity index (χ3n) is 3.24. The molecule has 1 aromatic heterocycles. The molecule has 0 aliphatic rings. The Morgan fingerprint density at radius 1 is 0.958 bits per heavy atom. The van der Waals surface area contributed by atoms with Crippen molar-refractivity contribution in [1.82, 2.24) is 15.6 Å². The van der Waals surface area contributed by atoms with E-state index in [-0.39, 0.29) is 11.8 Å². The van der Waals surface area contributed by atoms with Gasteiger partial charge in [0, 0.05) is 24.8 Å². The van der Waals surface area contributed by atoms with Gasteiger partial charge < -0.3 is 20.1 Å². The summed E-state index contributed by atoms with van der Waals surface area (Å²) in [5, 5.41) is 5.41. The molecule has 0 aliphatic carbocycles. The molecule has 2 N–H and O–H groups in total. The van der Waals surface area contributed by atoms with E-state index in [0.717, 1.165) is 0 Å². The van der Waals surface area contributed by atoms with Gasteiger partial charge in [-0.15, -0.1) is 0 Å². The van der Waals surface area contributed by atoms with E-state index in [1.807, 2.05) is 0 Å². The molecule has 2 aromatic rings. The van der Waals surface area contributed by atoms with E-state index in [1.165, 1.54) is 14.2 Å². The van der Waals surface area contributed by atoms with Crippen molar-refractivity contribution in [2.24, 2.45) is 0 Å². The highest BCUT2D eigenvalue weighted by molar-refractivity contribution is 5.95. The molecular weight excluding hydrogens is 310 g/mol. The second kappa shape index (κ2) is 8.52. The predicted octanol–water partition coefficient (Wildman–Crippen LogP) is 1.26. The minimum absolute atomic E-state index is 0.261. The summed E-state index contributed by atoms with van der Waals surface area (Å²) in [5.74, 6) is 0.490. The molecule has 0 unspecified atom stereocenters. The van der Waals surface area contributed by atoms with Crippen LogP contribution in [-0.2, 0) is 0 Å². The molecule has 2 amide bonds. The van der Waals surface area contributed by atoms with Crippen molar-refractivity contribution in [2.45, 2.75) is 0 Å². The second-order valence-electron chi connectivity index (χ2n) is 4.80. The Hall–Kier alpha value is -3.09.